The molecule has 0 bridgehead atoms. The van der Waals surface area contributed by atoms with Gasteiger partial charge in [-0.25, -0.2) is 4.98 Å². The smallest absolute Gasteiger partial charge is 0.252 e. The minimum Gasteiger partial charge on any atom is -0.497 e. The van der Waals surface area contributed by atoms with Gasteiger partial charge < -0.3 is 15.0 Å². The number of benzene rings is 2. The van der Waals surface area contributed by atoms with E-state index in [0.29, 0.717) is 11.6 Å². The molecule has 3 aromatic rings. The number of ether oxygens (including phenoxy) is 1. The standard InChI is InChI=1S/C25H29N3O2/c1-17(2)28-14-12-19(13-15-28)26-25(29)22-16-24(18-8-10-20(30-3)11-9-18)27-23-7-5-4-6-21(22)23/h4-11,16-17,19H,12-15H2,1-3H3,(H,26,29). The topological polar surface area (TPSA) is 54.5 Å². The molecule has 156 valence electrons. The number of carbonyl (C=O) groups excluding carboxylic acids is 1. The lowest BCUT2D eigenvalue weighted by Gasteiger charge is -2.34. The summed E-state index contributed by atoms with van der Waals surface area (Å²) in [5.41, 5.74) is 3.25. The fourth-order valence-corrected chi connectivity index (χ4v) is 4.10. The van der Waals surface area contributed by atoms with Crippen LogP contribution in [0.1, 0.15) is 37.0 Å². The highest BCUT2D eigenvalue weighted by Crippen LogP contribution is 2.26. The summed E-state index contributed by atoms with van der Waals surface area (Å²) in [5, 5.41) is 4.15. The number of aromatic nitrogens is 1. The summed E-state index contributed by atoms with van der Waals surface area (Å²) in [6, 6.07) is 18.3. The molecule has 5 nitrogen and oxygen atoms in total. The molecule has 0 radical (unpaired) electrons. The number of nitrogens with zero attached hydrogens (tertiary/aromatic N) is 2. The third-order valence-corrected chi connectivity index (χ3v) is 5.94. The lowest BCUT2D eigenvalue weighted by Crippen LogP contribution is -2.46. The van der Waals surface area contributed by atoms with Gasteiger partial charge in [-0.2, -0.15) is 0 Å². The van der Waals surface area contributed by atoms with E-state index in [2.05, 4.69) is 24.1 Å². The summed E-state index contributed by atoms with van der Waals surface area (Å²) in [6.45, 7) is 6.50. The quantitative estimate of drug-likeness (QED) is 0.681. The SMILES string of the molecule is COc1ccc(-c2cc(C(=O)NC3CCN(C(C)C)CC3)c3ccccc3n2)cc1. The Bertz CT molecular complexity index is 1020. The van der Waals surface area contributed by atoms with Gasteiger partial charge in [0.05, 0.1) is 23.9 Å². The first-order valence-corrected chi connectivity index (χ1v) is 10.6. The fourth-order valence-electron chi connectivity index (χ4n) is 4.10. The molecule has 0 aliphatic carbocycles. The molecule has 0 spiro atoms. The molecule has 5 heteroatoms. The minimum atomic E-state index is -0.0219. The van der Waals surface area contributed by atoms with Crippen LogP contribution in [0.15, 0.2) is 54.6 Å². The van der Waals surface area contributed by atoms with Crippen molar-refractivity contribution in [3.8, 4) is 17.0 Å². The Labute approximate surface area is 178 Å². The van der Waals surface area contributed by atoms with Crippen LogP contribution in [0.4, 0.5) is 0 Å². The minimum absolute atomic E-state index is 0.0219. The normalized spacial score (nSPS) is 15.5. The molecule has 0 unspecified atom stereocenters. The average molecular weight is 404 g/mol. The lowest BCUT2D eigenvalue weighted by molar-refractivity contribution is 0.0902. The van der Waals surface area contributed by atoms with Crippen LogP contribution in [0.25, 0.3) is 22.2 Å². The number of amides is 1. The fraction of sp³-hybridized carbons (Fsp3) is 0.360. The van der Waals surface area contributed by atoms with Crippen molar-refractivity contribution in [2.45, 2.75) is 38.8 Å². The summed E-state index contributed by atoms with van der Waals surface area (Å²) in [7, 11) is 1.65. The molecule has 30 heavy (non-hydrogen) atoms. The van der Waals surface area contributed by atoms with Gasteiger partial charge in [0, 0.05) is 36.1 Å². The van der Waals surface area contributed by atoms with E-state index in [-0.39, 0.29) is 11.9 Å². The molecule has 1 saturated heterocycles. The van der Waals surface area contributed by atoms with E-state index >= 15 is 0 Å². The summed E-state index contributed by atoms with van der Waals surface area (Å²) < 4.78 is 5.26. The number of nitrogens with one attached hydrogen (secondary N) is 1. The van der Waals surface area contributed by atoms with Crippen LogP contribution in [0.3, 0.4) is 0 Å². The summed E-state index contributed by atoms with van der Waals surface area (Å²) in [6.07, 6.45) is 1.97. The van der Waals surface area contributed by atoms with Crippen LogP contribution in [-0.4, -0.2) is 48.1 Å². The first kappa shape index (κ1) is 20.4. The van der Waals surface area contributed by atoms with Gasteiger partial charge in [0.2, 0.25) is 0 Å². The molecule has 1 aliphatic rings. The van der Waals surface area contributed by atoms with E-state index in [1.54, 1.807) is 7.11 Å². The van der Waals surface area contributed by atoms with Gasteiger partial charge in [0.25, 0.3) is 5.91 Å². The highest BCUT2D eigenvalue weighted by atomic mass is 16.5. The maximum atomic E-state index is 13.3. The maximum absolute atomic E-state index is 13.3. The molecule has 1 N–H and O–H groups in total. The first-order chi connectivity index (χ1) is 14.5. The largest absolute Gasteiger partial charge is 0.497 e. The molecule has 0 saturated carbocycles. The Morgan fingerprint density at radius 3 is 2.47 bits per heavy atom. The van der Waals surface area contributed by atoms with Crippen molar-refractivity contribution < 1.29 is 9.53 Å². The number of hydrogen-bond donors (Lipinski definition) is 1. The highest BCUT2D eigenvalue weighted by molar-refractivity contribution is 6.07. The number of pyridine rings is 1. The van der Waals surface area contributed by atoms with Crippen LogP contribution in [0, 0.1) is 0 Å². The van der Waals surface area contributed by atoms with Crippen molar-refractivity contribution >= 4 is 16.8 Å². The maximum Gasteiger partial charge on any atom is 0.252 e. The second-order valence-corrected chi connectivity index (χ2v) is 8.18. The number of rotatable bonds is 5. The van der Waals surface area contributed by atoms with Crippen LogP contribution >= 0.6 is 0 Å². The van der Waals surface area contributed by atoms with Gasteiger partial charge in [-0.15, -0.1) is 0 Å². The van der Waals surface area contributed by atoms with Crippen molar-refractivity contribution in [1.29, 1.82) is 0 Å². The van der Waals surface area contributed by atoms with E-state index in [9.17, 15) is 4.79 Å². The van der Waals surface area contributed by atoms with Crippen LogP contribution in [0.2, 0.25) is 0 Å². The van der Waals surface area contributed by atoms with Gasteiger partial charge >= 0.3 is 0 Å². The number of piperidine rings is 1. The van der Waals surface area contributed by atoms with E-state index < -0.39 is 0 Å². The Morgan fingerprint density at radius 1 is 1.10 bits per heavy atom. The third kappa shape index (κ3) is 4.31. The number of likely N-dealkylation sites (tertiary alicyclic amines) is 1. The van der Waals surface area contributed by atoms with Crippen molar-refractivity contribution in [3.05, 3.63) is 60.2 Å². The number of carbonyl (C=O) groups is 1. The van der Waals surface area contributed by atoms with Crippen molar-refractivity contribution in [2.24, 2.45) is 0 Å². The Hall–Kier alpha value is -2.92. The van der Waals surface area contributed by atoms with Crippen molar-refractivity contribution in [3.63, 3.8) is 0 Å². The second-order valence-electron chi connectivity index (χ2n) is 8.18. The number of fused-ring (bicyclic) bond motifs is 1. The predicted molar refractivity (Wildman–Crippen MR) is 121 cm³/mol. The third-order valence-electron chi connectivity index (χ3n) is 5.94. The number of hydrogen-bond acceptors (Lipinski definition) is 4. The molecule has 1 fully saturated rings. The number of para-hydroxylation sites is 1. The van der Waals surface area contributed by atoms with Crippen molar-refractivity contribution in [2.75, 3.05) is 20.2 Å². The van der Waals surface area contributed by atoms with E-state index in [1.165, 1.54) is 0 Å². The van der Waals surface area contributed by atoms with Crippen molar-refractivity contribution in [1.82, 2.24) is 15.2 Å². The first-order valence-electron chi connectivity index (χ1n) is 10.6. The molecular weight excluding hydrogens is 374 g/mol. The van der Waals surface area contributed by atoms with E-state index in [4.69, 9.17) is 9.72 Å². The monoisotopic (exact) mass is 403 g/mol. The zero-order chi connectivity index (χ0) is 21.1. The predicted octanol–water partition coefficient (Wildman–Crippen LogP) is 4.51. The Balaban J connectivity index is 1.61. The summed E-state index contributed by atoms with van der Waals surface area (Å²) in [4.78, 5) is 20.5. The Morgan fingerprint density at radius 2 is 1.80 bits per heavy atom. The summed E-state index contributed by atoms with van der Waals surface area (Å²) in [5.74, 6) is 0.775. The molecule has 0 atom stereocenters. The second kappa shape index (κ2) is 8.84. The van der Waals surface area contributed by atoms with E-state index in [1.807, 2.05) is 54.6 Å². The molecule has 1 aliphatic heterocycles. The van der Waals surface area contributed by atoms with Crippen LogP contribution in [0.5, 0.6) is 5.75 Å². The summed E-state index contributed by atoms with van der Waals surface area (Å²) >= 11 is 0. The van der Waals surface area contributed by atoms with Crippen LogP contribution < -0.4 is 10.1 Å². The Kier molecular flexibility index (Phi) is 6.00. The van der Waals surface area contributed by atoms with Gasteiger partial charge in [-0.05, 0) is 63.1 Å². The molecule has 1 amide bonds. The average Bonchev–Trinajstić information content (AvgIpc) is 2.78. The molecule has 1 aromatic heterocycles. The van der Waals surface area contributed by atoms with Gasteiger partial charge in [0.1, 0.15) is 5.75 Å². The molecule has 2 aromatic carbocycles. The lowest BCUT2D eigenvalue weighted by atomic mass is 10.0. The van der Waals surface area contributed by atoms with Crippen LogP contribution in [-0.2, 0) is 0 Å². The van der Waals surface area contributed by atoms with Gasteiger partial charge in [-0.1, -0.05) is 18.2 Å². The number of methoxy groups -OCH3 is 1. The molecule has 4 rings (SSSR count). The van der Waals surface area contributed by atoms with Gasteiger partial charge in [-0.3, -0.25) is 4.79 Å². The van der Waals surface area contributed by atoms with Gasteiger partial charge in [0.15, 0.2) is 0 Å². The zero-order valence-electron chi connectivity index (χ0n) is 17.9. The zero-order valence-corrected chi connectivity index (χ0v) is 17.9. The van der Waals surface area contributed by atoms with E-state index in [0.717, 1.165) is 53.8 Å². The molecular formula is C25H29N3O2. The molecule has 2 heterocycles. The highest BCUT2D eigenvalue weighted by Gasteiger charge is 2.23.